The summed E-state index contributed by atoms with van der Waals surface area (Å²) in [6, 6.07) is 7.49. The molecule has 1 aromatic carbocycles. The number of carboxylic acids is 1. The predicted molar refractivity (Wildman–Crippen MR) is 80.7 cm³/mol. The molecule has 0 aliphatic carbocycles. The summed E-state index contributed by atoms with van der Waals surface area (Å²) in [5.74, 6) is 0.371. The van der Waals surface area contributed by atoms with E-state index in [1.54, 1.807) is 0 Å². The van der Waals surface area contributed by atoms with Gasteiger partial charge in [-0.25, -0.2) is 9.78 Å². The van der Waals surface area contributed by atoms with Crippen molar-refractivity contribution in [2.24, 2.45) is 5.92 Å². The van der Waals surface area contributed by atoms with Crippen LogP contribution in [0.4, 0.5) is 5.82 Å². The Morgan fingerprint density at radius 2 is 2.10 bits per heavy atom. The van der Waals surface area contributed by atoms with E-state index >= 15 is 0 Å². The fraction of sp³-hybridized carbons (Fsp3) is 0.375. The molecule has 2 heterocycles. The van der Waals surface area contributed by atoms with Crippen molar-refractivity contribution in [3.05, 3.63) is 36.0 Å². The van der Waals surface area contributed by atoms with E-state index in [0.717, 1.165) is 42.5 Å². The Balaban J connectivity index is 2.01. The van der Waals surface area contributed by atoms with Crippen LogP contribution in [0.25, 0.3) is 10.8 Å². The zero-order valence-electron chi connectivity index (χ0n) is 11.7. The lowest BCUT2D eigenvalue weighted by molar-refractivity contribution is 0.0698. The van der Waals surface area contributed by atoms with Gasteiger partial charge in [-0.3, -0.25) is 0 Å². The van der Waals surface area contributed by atoms with Crippen LogP contribution in [0.2, 0.25) is 0 Å². The van der Waals surface area contributed by atoms with Gasteiger partial charge in [-0.05, 0) is 18.8 Å². The first kappa shape index (κ1) is 13.8. The number of aliphatic hydroxyl groups excluding tert-OH is 1. The Kier molecular flexibility index (Phi) is 3.75. The minimum Gasteiger partial charge on any atom is -0.478 e. The van der Waals surface area contributed by atoms with Crippen molar-refractivity contribution >= 4 is 22.6 Å². The Hall–Kier alpha value is -2.14. The Labute approximate surface area is 122 Å². The zero-order valence-corrected chi connectivity index (χ0v) is 11.7. The van der Waals surface area contributed by atoms with Crippen LogP contribution < -0.4 is 4.90 Å². The summed E-state index contributed by atoms with van der Waals surface area (Å²) < 4.78 is 0. The SMILES string of the molecule is O=C(O)c1cnc(N2CCC(CCO)C2)c2ccccc12. The highest BCUT2D eigenvalue weighted by molar-refractivity contribution is 6.06. The normalized spacial score (nSPS) is 18.3. The second-order valence-electron chi connectivity index (χ2n) is 5.46. The summed E-state index contributed by atoms with van der Waals surface area (Å²) in [5.41, 5.74) is 0.237. The molecule has 1 unspecified atom stereocenters. The number of fused-ring (bicyclic) bond motifs is 1. The number of pyridine rings is 1. The highest BCUT2D eigenvalue weighted by atomic mass is 16.4. The number of carboxylic acid groups (broad SMARTS) is 1. The van der Waals surface area contributed by atoms with Gasteiger partial charge >= 0.3 is 5.97 Å². The van der Waals surface area contributed by atoms with Gasteiger partial charge in [0.25, 0.3) is 0 Å². The highest BCUT2D eigenvalue weighted by Gasteiger charge is 2.25. The molecule has 1 aliphatic rings. The van der Waals surface area contributed by atoms with Crippen LogP contribution in [0, 0.1) is 5.92 Å². The van der Waals surface area contributed by atoms with E-state index in [9.17, 15) is 9.90 Å². The molecule has 1 aromatic heterocycles. The molecule has 0 radical (unpaired) electrons. The van der Waals surface area contributed by atoms with Gasteiger partial charge in [0, 0.05) is 36.7 Å². The van der Waals surface area contributed by atoms with Crippen molar-refractivity contribution in [2.45, 2.75) is 12.8 Å². The fourth-order valence-electron chi connectivity index (χ4n) is 3.04. The molecule has 1 atom stereocenters. The molecular formula is C16H18N2O3. The number of hydrogen-bond donors (Lipinski definition) is 2. The van der Waals surface area contributed by atoms with E-state index in [1.807, 2.05) is 24.3 Å². The Bertz CT molecular complexity index is 672. The van der Waals surface area contributed by atoms with Gasteiger partial charge in [-0.2, -0.15) is 0 Å². The molecule has 0 spiro atoms. The van der Waals surface area contributed by atoms with Crippen LogP contribution >= 0.6 is 0 Å². The minimum absolute atomic E-state index is 0.213. The highest BCUT2D eigenvalue weighted by Crippen LogP contribution is 2.31. The van der Waals surface area contributed by atoms with Gasteiger partial charge in [0.15, 0.2) is 0 Å². The van der Waals surface area contributed by atoms with E-state index < -0.39 is 5.97 Å². The monoisotopic (exact) mass is 286 g/mol. The maximum atomic E-state index is 11.3. The largest absolute Gasteiger partial charge is 0.478 e. The van der Waals surface area contributed by atoms with Crippen molar-refractivity contribution in [1.82, 2.24) is 4.98 Å². The van der Waals surface area contributed by atoms with Crippen molar-refractivity contribution in [1.29, 1.82) is 0 Å². The lowest BCUT2D eigenvalue weighted by Gasteiger charge is -2.20. The third-order valence-electron chi connectivity index (χ3n) is 4.13. The van der Waals surface area contributed by atoms with Crippen molar-refractivity contribution in [2.75, 3.05) is 24.6 Å². The summed E-state index contributed by atoms with van der Waals surface area (Å²) in [5, 5.41) is 19.9. The Morgan fingerprint density at radius 1 is 1.33 bits per heavy atom. The summed E-state index contributed by atoms with van der Waals surface area (Å²) in [6.07, 6.45) is 3.29. The topological polar surface area (TPSA) is 73.7 Å². The van der Waals surface area contributed by atoms with Gasteiger partial charge in [0.1, 0.15) is 5.82 Å². The van der Waals surface area contributed by atoms with Crippen molar-refractivity contribution in [3.8, 4) is 0 Å². The molecule has 5 nitrogen and oxygen atoms in total. The average molecular weight is 286 g/mol. The molecule has 0 amide bonds. The van der Waals surface area contributed by atoms with Crippen LogP contribution in [0.3, 0.4) is 0 Å². The van der Waals surface area contributed by atoms with Gasteiger partial charge in [0.2, 0.25) is 0 Å². The van der Waals surface area contributed by atoms with Crippen LogP contribution in [0.15, 0.2) is 30.5 Å². The maximum absolute atomic E-state index is 11.3. The molecule has 1 saturated heterocycles. The molecular weight excluding hydrogens is 268 g/mol. The number of anilines is 1. The summed E-state index contributed by atoms with van der Waals surface area (Å²) in [7, 11) is 0. The van der Waals surface area contributed by atoms with Gasteiger partial charge in [-0.15, -0.1) is 0 Å². The van der Waals surface area contributed by atoms with E-state index in [-0.39, 0.29) is 12.2 Å². The number of aromatic nitrogens is 1. The van der Waals surface area contributed by atoms with Gasteiger partial charge in [0.05, 0.1) is 5.56 Å². The molecule has 2 N–H and O–H groups in total. The molecule has 1 fully saturated rings. The minimum atomic E-state index is -0.954. The molecule has 5 heteroatoms. The van der Waals surface area contributed by atoms with Crippen molar-refractivity contribution in [3.63, 3.8) is 0 Å². The van der Waals surface area contributed by atoms with Crippen molar-refractivity contribution < 1.29 is 15.0 Å². The van der Waals surface area contributed by atoms with Crippen LogP contribution in [0.5, 0.6) is 0 Å². The Morgan fingerprint density at radius 3 is 2.81 bits per heavy atom. The van der Waals surface area contributed by atoms with E-state index in [1.165, 1.54) is 6.20 Å². The molecule has 21 heavy (non-hydrogen) atoms. The van der Waals surface area contributed by atoms with Crippen LogP contribution in [-0.4, -0.2) is 40.9 Å². The summed E-state index contributed by atoms with van der Waals surface area (Å²) >= 11 is 0. The third-order valence-corrected chi connectivity index (χ3v) is 4.13. The first-order valence-corrected chi connectivity index (χ1v) is 7.17. The molecule has 110 valence electrons. The van der Waals surface area contributed by atoms with Gasteiger partial charge in [-0.1, -0.05) is 24.3 Å². The third kappa shape index (κ3) is 2.56. The quantitative estimate of drug-likeness (QED) is 0.901. The summed E-state index contributed by atoms with van der Waals surface area (Å²) in [4.78, 5) is 17.9. The number of carbonyl (C=O) groups is 1. The average Bonchev–Trinajstić information content (AvgIpc) is 2.94. The lowest BCUT2D eigenvalue weighted by atomic mass is 10.1. The molecule has 2 aromatic rings. The zero-order chi connectivity index (χ0) is 14.8. The molecule has 0 saturated carbocycles. The number of aliphatic hydroxyl groups is 1. The number of rotatable bonds is 4. The molecule has 3 rings (SSSR count). The number of aromatic carboxylic acids is 1. The van der Waals surface area contributed by atoms with E-state index in [4.69, 9.17) is 5.11 Å². The van der Waals surface area contributed by atoms with E-state index in [0.29, 0.717) is 5.92 Å². The molecule has 0 bridgehead atoms. The number of benzene rings is 1. The first-order valence-electron chi connectivity index (χ1n) is 7.17. The predicted octanol–water partition coefficient (Wildman–Crippen LogP) is 2.14. The van der Waals surface area contributed by atoms with Crippen LogP contribution in [0.1, 0.15) is 23.2 Å². The number of hydrogen-bond acceptors (Lipinski definition) is 4. The standard InChI is InChI=1S/C16H18N2O3/c19-8-6-11-5-7-18(10-11)15-13-4-2-1-3-12(13)14(9-17-15)16(20)21/h1-4,9,11,19H,5-8,10H2,(H,20,21). The fourth-order valence-corrected chi connectivity index (χ4v) is 3.04. The molecule has 1 aliphatic heterocycles. The number of nitrogens with zero attached hydrogens (tertiary/aromatic N) is 2. The smallest absolute Gasteiger partial charge is 0.337 e. The van der Waals surface area contributed by atoms with Crippen LogP contribution in [-0.2, 0) is 0 Å². The van der Waals surface area contributed by atoms with Gasteiger partial charge < -0.3 is 15.1 Å². The second kappa shape index (κ2) is 5.69. The maximum Gasteiger partial charge on any atom is 0.337 e. The van der Waals surface area contributed by atoms with E-state index in [2.05, 4.69) is 9.88 Å². The first-order chi connectivity index (χ1) is 10.2. The lowest BCUT2D eigenvalue weighted by Crippen LogP contribution is -2.21. The second-order valence-corrected chi connectivity index (χ2v) is 5.46. The summed E-state index contributed by atoms with van der Waals surface area (Å²) in [6.45, 7) is 1.97.